The van der Waals surface area contributed by atoms with Crippen molar-refractivity contribution in [2.45, 2.75) is 43.5 Å². The van der Waals surface area contributed by atoms with E-state index in [2.05, 4.69) is 9.46 Å². The minimum absolute atomic E-state index is 0.00110. The number of rotatable bonds is 4. The van der Waals surface area contributed by atoms with Gasteiger partial charge in [0.2, 0.25) is 10.0 Å². The van der Waals surface area contributed by atoms with Crippen molar-refractivity contribution < 1.29 is 17.9 Å². The van der Waals surface area contributed by atoms with Gasteiger partial charge in [0.1, 0.15) is 10.6 Å². The SMILES string of the molecule is COC(=O)c1cc(S(=O)(=O)NC2CCCC2)c(C)n1C. The summed E-state index contributed by atoms with van der Waals surface area (Å²) < 4.78 is 33.7. The van der Waals surface area contributed by atoms with Gasteiger partial charge >= 0.3 is 5.97 Å². The monoisotopic (exact) mass is 300 g/mol. The molecule has 20 heavy (non-hydrogen) atoms. The third-order valence-corrected chi connectivity index (χ3v) is 5.49. The number of hydrogen-bond acceptors (Lipinski definition) is 4. The van der Waals surface area contributed by atoms with Crippen molar-refractivity contribution in [3.8, 4) is 0 Å². The average Bonchev–Trinajstić information content (AvgIpc) is 2.98. The first kappa shape index (κ1) is 15.1. The van der Waals surface area contributed by atoms with Crippen LogP contribution in [-0.4, -0.2) is 32.1 Å². The highest BCUT2D eigenvalue weighted by atomic mass is 32.2. The molecule has 1 aliphatic rings. The average molecular weight is 300 g/mol. The smallest absolute Gasteiger partial charge is 0.354 e. The van der Waals surface area contributed by atoms with Crippen LogP contribution in [-0.2, 0) is 21.8 Å². The van der Waals surface area contributed by atoms with Crippen LogP contribution in [0.5, 0.6) is 0 Å². The van der Waals surface area contributed by atoms with Crippen molar-refractivity contribution in [2.75, 3.05) is 7.11 Å². The van der Waals surface area contributed by atoms with Gasteiger partial charge in [0, 0.05) is 18.8 Å². The maximum Gasteiger partial charge on any atom is 0.354 e. The fraction of sp³-hybridized carbons (Fsp3) is 0.615. The zero-order valence-corrected chi connectivity index (χ0v) is 12.8. The summed E-state index contributed by atoms with van der Waals surface area (Å²) in [5.74, 6) is -0.544. The molecular weight excluding hydrogens is 280 g/mol. The van der Waals surface area contributed by atoms with Crippen molar-refractivity contribution in [1.29, 1.82) is 0 Å². The molecule has 0 atom stereocenters. The molecule has 0 aromatic carbocycles. The largest absolute Gasteiger partial charge is 0.464 e. The zero-order valence-electron chi connectivity index (χ0n) is 12.0. The molecular formula is C13H20N2O4S. The maximum atomic E-state index is 12.4. The van der Waals surface area contributed by atoms with Gasteiger partial charge in [0.25, 0.3) is 0 Å². The Morgan fingerprint density at radius 1 is 1.40 bits per heavy atom. The number of carbonyl (C=O) groups is 1. The van der Waals surface area contributed by atoms with Gasteiger partial charge in [-0.1, -0.05) is 12.8 Å². The molecule has 0 bridgehead atoms. The summed E-state index contributed by atoms with van der Waals surface area (Å²) in [6.45, 7) is 1.68. The summed E-state index contributed by atoms with van der Waals surface area (Å²) >= 11 is 0. The molecule has 2 rings (SSSR count). The van der Waals surface area contributed by atoms with E-state index >= 15 is 0 Å². The molecule has 6 nitrogen and oxygen atoms in total. The van der Waals surface area contributed by atoms with Crippen LogP contribution >= 0.6 is 0 Å². The van der Waals surface area contributed by atoms with Crippen LogP contribution < -0.4 is 4.72 Å². The first-order chi connectivity index (χ1) is 9.36. The van der Waals surface area contributed by atoms with Crippen LogP contribution in [0.1, 0.15) is 41.9 Å². The Morgan fingerprint density at radius 2 is 2.00 bits per heavy atom. The molecule has 0 unspecified atom stereocenters. The maximum absolute atomic E-state index is 12.4. The summed E-state index contributed by atoms with van der Waals surface area (Å²) in [7, 11) is -0.674. The van der Waals surface area contributed by atoms with E-state index in [-0.39, 0.29) is 16.6 Å². The van der Waals surface area contributed by atoms with Crippen LogP contribution in [0.15, 0.2) is 11.0 Å². The van der Waals surface area contributed by atoms with Crippen molar-refractivity contribution in [3.63, 3.8) is 0 Å². The van der Waals surface area contributed by atoms with Gasteiger partial charge in [0.05, 0.1) is 7.11 Å². The highest BCUT2D eigenvalue weighted by Gasteiger charge is 2.28. The number of methoxy groups -OCH3 is 1. The molecule has 1 aromatic heterocycles. The summed E-state index contributed by atoms with van der Waals surface area (Å²) in [4.78, 5) is 11.8. The predicted molar refractivity (Wildman–Crippen MR) is 74.1 cm³/mol. The van der Waals surface area contributed by atoms with Gasteiger partial charge < -0.3 is 9.30 Å². The quantitative estimate of drug-likeness (QED) is 0.851. The molecule has 1 aliphatic carbocycles. The standard InChI is InChI=1S/C13H20N2O4S/c1-9-12(8-11(15(9)2)13(16)19-3)20(17,18)14-10-6-4-5-7-10/h8,10,14H,4-7H2,1-3H3. The fourth-order valence-corrected chi connectivity index (χ4v) is 4.16. The molecule has 0 saturated heterocycles. The number of aromatic nitrogens is 1. The predicted octanol–water partition coefficient (Wildman–Crippen LogP) is 1.34. The second-order valence-electron chi connectivity index (χ2n) is 5.13. The number of nitrogens with one attached hydrogen (secondary N) is 1. The Bertz CT molecular complexity index is 613. The molecule has 1 N–H and O–H groups in total. The first-order valence-electron chi connectivity index (χ1n) is 6.64. The lowest BCUT2D eigenvalue weighted by Crippen LogP contribution is -2.32. The van der Waals surface area contributed by atoms with Crippen molar-refractivity contribution in [1.82, 2.24) is 9.29 Å². The lowest BCUT2D eigenvalue weighted by molar-refractivity contribution is 0.0589. The van der Waals surface area contributed by atoms with Crippen molar-refractivity contribution in [2.24, 2.45) is 7.05 Å². The van der Waals surface area contributed by atoms with Gasteiger partial charge in [0.15, 0.2) is 0 Å². The van der Waals surface area contributed by atoms with Crippen LogP contribution in [0, 0.1) is 6.92 Å². The normalized spacial score (nSPS) is 16.6. The number of nitrogens with zero attached hydrogens (tertiary/aromatic N) is 1. The lowest BCUT2D eigenvalue weighted by Gasteiger charge is -2.12. The van der Waals surface area contributed by atoms with Gasteiger partial charge in [-0.3, -0.25) is 0 Å². The number of ether oxygens (including phenoxy) is 1. The Morgan fingerprint density at radius 3 is 2.55 bits per heavy atom. The third kappa shape index (κ3) is 2.73. The zero-order chi connectivity index (χ0) is 14.9. The summed E-state index contributed by atoms with van der Waals surface area (Å²) in [5.41, 5.74) is 0.757. The molecule has 1 heterocycles. The summed E-state index contributed by atoms with van der Waals surface area (Å²) in [5, 5.41) is 0. The van der Waals surface area contributed by atoms with Crippen molar-refractivity contribution in [3.05, 3.63) is 17.5 Å². The van der Waals surface area contributed by atoms with E-state index in [0.717, 1.165) is 25.7 Å². The molecule has 112 valence electrons. The summed E-state index contributed by atoms with van der Waals surface area (Å²) in [6.07, 6.45) is 3.84. The lowest BCUT2D eigenvalue weighted by atomic mass is 10.3. The van der Waals surface area contributed by atoms with E-state index < -0.39 is 16.0 Å². The summed E-state index contributed by atoms with van der Waals surface area (Å²) in [6, 6.07) is 1.37. The highest BCUT2D eigenvalue weighted by Crippen LogP contribution is 2.24. The molecule has 0 aliphatic heterocycles. The molecule has 0 spiro atoms. The number of esters is 1. The first-order valence-corrected chi connectivity index (χ1v) is 8.12. The van der Waals surface area contributed by atoms with E-state index in [1.165, 1.54) is 17.7 Å². The third-order valence-electron chi connectivity index (χ3n) is 3.85. The minimum Gasteiger partial charge on any atom is -0.464 e. The van der Waals surface area contributed by atoms with Crippen molar-refractivity contribution >= 4 is 16.0 Å². The minimum atomic E-state index is -3.60. The number of sulfonamides is 1. The van der Waals surface area contributed by atoms with Gasteiger partial charge in [-0.05, 0) is 25.8 Å². The topological polar surface area (TPSA) is 77.4 Å². The second-order valence-corrected chi connectivity index (χ2v) is 6.81. The molecule has 0 radical (unpaired) electrons. The fourth-order valence-electron chi connectivity index (χ4n) is 2.57. The van der Waals surface area contributed by atoms with E-state index in [9.17, 15) is 13.2 Å². The van der Waals surface area contributed by atoms with E-state index in [4.69, 9.17) is 0 Å². The number of hydrogen-bond donors (Lipinski definition) is 1. The highest BCUT2D eigenvalue weighted by molar-refractivity contribution is 7.89. The molecule has 1 fully saturated rings. The van der Waals surface area contributed by atoms with Crippen LogP contribution in [0.3, 0.4) is 0 Å². The molecule has 1 aromatic rings. The van der Waals surface area contributed by atoms with Crippen LogP contribution in [0.2, 0.25) is 0 Å². The van der Waals surface area contributed by atoms with Gasteiger partial charge in [-0.25, -0.2) is 17.9 Å². The van der Waals surface area contributed by atoms with Crippen LogP contribution in [0.25, 0.3) is 0 Å². The molecule has 0 amide bonds. The van der Waals surface area contributed by atoms with E-state index in [1.54, 1.807) is 14.0 Å². The van der Waals surface area contributed by atoms with E-state index in [1.807, 2.05) is 0 Å². The van der Waals surface area contributed by atoms with Gasteiger partial charge in [-0.15, -0.1) is 0 Å². The Labute approximate surface area is 119 Å². The van der Waals surface area contributed by atoms with Gasteiger partial charge in [-0.2, -0.15) is 0 Å². The Balaban J connectivity index is 2.34. The second kappa shape index (κ2) is 5.57. The Hall–Kier alpha value is -1.34. The van der Waals surface area contributed by atoms with Crippen LogP contribution in [0.4, 0.5) is 0 Å². The Kier molecular flexibility index (Phi) is 4.19. The van der Waals surface area contributed by atoms with E-state index in [0.29, 0.717) is 5.69 Å². The molecule has 1 saturated carbocycles. The number of carbonyl (C=O) groups excluding carboxylic acids is 1. The molecule has 7 heteroatoms.